The number of hydrogen-bond acceptors (Lipinski definition) is 2. The summed E-state index contributed by atoms with van der Waals surface area (Å²) in [6.07, 6.45) is 5.98. The van der Waals surface area contributed by atoms with Gasteiger partial charge < -0.3 is 10.6 Å². The SMILES string of the molecule is C=CC(=O)NCCC(=O)Nc1cccc2c1CCCC2. The molecule has 0 saturated carbocycles. The van der Waals surface area contributed by atoms with Gasteiger partial charge in [-0.05, 0) is 49.0 Å². The van der Waals surface area contributed by atoms with Crippen molar-refractivity contribution >= 4 is 17.5 Å². The fraction of sp³-hybridized carbons (Fsp3) is 0.375. The van der Waals surface area contributed by atoms with Crippen LogP contribution in [0.25, 0.3) is 0 Å². The van der Waals surface area contributed by atoms with Gasteiger partial charge in [0.25, 0.3) is 0 Å². The third kappa shape index (κ3) is 3.70. The van der Waals surface area contributed by atoms with E-state index in [1.54, 1.807) is 0 Å². The van der Waals surface area contributed by atoms with Gasteiger partial charge in [-0.15, -0.1) is 0 Å². The maximum Gasteiger partial charge on any atom is 0.243 e. The van der Waals surface area contributed by atoms with Gasteiger partial charge in [0.1, 0.15) is 0 Å². The van der Waals surface area contributed by atoms with E-state index < -0.39 is 0 Å². The first-order valence-electron chi connectivity index (χ1n) is 7.01. The van der Waals surface area contributed by atoms with E-state index in [9.17, 15) is 9.59 Å². The van der Waals surface area contributed by atoms with Crippen molar-refractivity contribution in [3.63, 3.8) is 0 Å². The first-order chi connectivity index (χ1) is 9.70. The van der Waals surface area contributed by atoms with Crippen LogP contribution >= 0.6 is 0 Å². The lowest BCUT2D eigenvalue weighted by Gasteiger charge is -2.19. The van der Waals surface area contributed by atoms with Crippen LogP contribution in [-0.2, 0) is 22.4 Å². The zero-order valence-corrected chi connectivity index (χ0v) is 11.6. The number of carbonyl (C=O) groups is 2. The van der Waals surface area contributed by atoms with Crippen molar-refractivity contribution < 1.29 is 9.59 Å². The third-order valence-electron chi connectivity index (χ3n) is 3.51. The summed E-state index contributed by atoms with van der Waals surface area (Å²) >= 11 is 0. The number of hydrogen-bond donors (Lipinski definition) is 2. The molecule has 0 unspecified atom stereocenters. The maximum absolute atomic E-state index is 11.9. The fourth-order valence-electron chi connectivity index (χ4n) is 2.48. The lowest BCUT2D eigenvalue weighted by molar-refractivity contribution is -0.117. The number of aryl methyl sites for hydroxylation is 1. The van der Waals surface area contributed by atoms with Crippen molar-refractivity contribution in [2.45, 2.75) is 32.1 Å². The Morgan fingerprint density at radius 1 is 1.25 bits per heavy atom. The smallest absolute Gasteiger partial charge is 0.243 e. The van der Waals surface area contributed by atoms with Crippen LogP contribution in [-0.4, -0.2) is 18.4 Å². The van der Waals surface area contributed by atoms with Gasteiger partial charge in [-0.1, -0.05) is 18.7 Å². The van der Waals surface area contributed by atoms with E-state index in [-0.39, 0.29) is 18.2 Å². The number of fused-ring (bicyclic) bond motifs is 1. The minimum absolute atomic E-state index is 0.0756. The van der Waals surface area contributed by atoms with Crippen LogP contribution in [0.2, 0.25) is 0 Å². The van der Waals surface area contributed by atoms with Crippen molar-refractivity contribution in [1.82, 2.24) is 5.32 Å². The molecule has 4 nitrogen and oxygen atoms in total. The van der Waals surface area contributed by atoms with E-state index in [0.29, 0.717) is 6.54 Å². The summed E-state index contributed by atoms with van der Waals surface area (Å²) in [5.74, 6) is -0.330. The number of carbonyl (C=O) groups excluding carboxylic acids is 2. The molecule has 0 saturated heterocycles. The van der Waals surface area contributed by atoms with E-state index in [4.69, 9.17) is 0 Å². The number of benzene rings is 1. The lowest BCUT2D eigenvalue weighted by Crippen LogP contribution is -2.26. The average molecular weight is 272 g/mol. The highest BCUT2D eigenvalue weighted by Crippen LogP contribution is 2.27. The van der Waals surface area contributed by atoms with Crippen molar-refractivity contribution in [3.8, 4) is 0 Å². The number of rotatable bonds is 5. The highest BCUT2D eigenvalue weighted by molar-refractivity contribution is 5.92. The summed E-state index contributed by atoms with van der Waals surface area (Å²) in [5.41, 5.74) is 3.53. The van der Waals surface area contributed by atoms with Gasteiger partial charge in [-0.25, -0.2) is 0 Å². The molecule has 2 amide bonds. The Labute approximate surface area is 119 Å². The molecule has 0 fully saturated rings. The molecule has 1 aliphatic rings. The minimum atomic E-state index is -0.255. The molecule has 4 heteroatoms. The molecular weight excluding hydrogens is 252 g/mol. The summed E-state index contributed by atoms with van der Waals surface area (Å²) in [7, 11) is 0. The summed E-state index contributed by atoms with van der Waals surface area (Å²) in [4.78, 5) is 22.9. The van der Waals surface area contributed by atoms with Crippen molar-refractivity contribution in [2.24, 2.45) is 0 Å². The molecule has 106 valence electrons. The lowest BCUT2D eigenvalue weighted by atomic mass is 9.90. The van der Waals surface area contributed by atoms with Gasteiger partial charge in [0.2, 0.25) is 11.8 Å². The molecular formula is C16H20N2O2. The van der Waals surface area contributed by atoms with Crippen LogP contribution in [0.15, 0.2) is 30.9 Å². The van der Waals surface area contributed by atoms with E-state index in [1.807, 2.05) is 12.1 Å². The molecule has 0 aliphatic heterocycles. The Kier molecular flexibility index (Phi) is 4.93. The van der Waals surface area contributed by atoms with Crippen molar-refractivity contribution in [1.29, 1.82) is 0 Å². The molecule has 20 heavy (non-hydrogen) atoms. The summed E-state index contributed by atoms with van der Waals surface area (Å²) in [6.45, 7) is 3.69. The van der Waals surface area contributed by atoms with Gasteiger partial charge >= 0.3 is 0 Å². The Balaban J connectivity index is 1.91. The van der Waals surface area contributed by atoms with Gasteiger partial charge in [-0.3, -0.25) is 9.59 Å². The van der Waals surface area contributed by atoms with E-state index >= 15 is 0 Å². The Morgan fingerprint density at radius 2 is 2.05 bits per heavy atom. The zero-order chi connectivity index (χ0) is 14.4. The zero-order valence-electron chi connectivity index (χ0n) is 11.6. The number of amides is 2. The summed E-state index contributed by atoms with van der Waals surface area (Å²) in [5, 5.41) is 5.54. The monoisotopic (exact) mass is 272 g/mol. The van der Waals surface area contributed by atoms with Gasteiger partial charge in [-0.2, -0.15) is 0 Å². The predicted molar refractivity (Wildman–Crippen MR) is 79.5 cm³/mol. The predicted octanol–water partition coefficient (Wildman–Crippen LogP) is 2.20. The largest absolute Gasteiger partial charge is 0.352 e. The molecule has 0 atom stereocenters. The Hall–Kier alpha value is -2.10. The molecule has 0 bridgehead atoms. The maximum atomic E-state index is 11.9. The van der Waals surface area contributed by atoms with E-state index in [1.165, 1.54) is 30.0 Å². The molecule has 0 heterocycles. The van der Waals surface area contributed by atoms with Gasteiger partial charge in [0, 0.05) is 18.7 Å². The van der Waals surface area contributed by atoms with Crippen LogP contribution in [0.5, 0.6) is 0 Å². The Bertz CT molecular complexity index is 523. The Morgan fingerprint density at radius 3 is 2.85 bits per heavy atom. The number of anilines is 1. The topological polar surface area (TPSA) is 58.2 Å². The molecule has 2 N–H and O–H groups in total. The summed E-state index contributed by atoms with van der Waals surface area (Å²) < 4.78 is 0. The molecule has 1 aliphatic carbocycles. The standard InChI is InChI=1S/C16H20N2O2/c1-2-15(19)17-11-10-16(20)18-14-9-5-7-12-6-3-4-8-13(12)14/h2,5,7,9H,1,3-4,6,8,10-11H2,(H,17,19)(H,18,20). The van der Waals surface area contributed by atoms with Crippen LogP contribution in [0.3, 0.4) is 0 Å². The first kappa shape index (κ1) is 14.3. The van der Waals surface area contributed by atoms with Gasteiger partial charge in [0.15, 0.2) is 0 Å². The highest BCUT2D eigenvalue weighted by atomic mass is 16.2. The van der Waals surface area contributed by atoms with Gasteiger partial charge in [0.05, 0.1) is 0 Å². The fourth-order valence-corrected chi connectivity index (χ4v) is 2.48. The quantitative estimate of drug-likeness (QED) is 0.807. The molecule has 2 rings (SSSR count). The van der Waals surface area contributed by atoms with Crippen LogP contribution in [0.4, 0.5) is 5.69 Å². The number of nitrogens with one attached hydrogen (secondary N) is 2. The minimum Gasteiger partial charge on any atom is -0.352 e. The van der Waals surface area contributed by atoms with Crippen LogP contribution in [0.1, 0.15) is 30.4 Å². The van der Waals surface area contributed by atoms with Crippen LogP contribution < -0.4 is 10.6 Å². The molecule has 1 aromatic carbocycles. The first-order valence-corrected chi connectivity index (χ1v) is 7.01. The van der Waals surface area contributed by atoms with Crippen LogP contribution in [0, 0.1) is 0 Å². The van der Waals surface area contributed by atoms with E-state index in [0.717, 1.165) is 18.5 Å². The molecule has 0 aromatic heterocycles. The normalized spacial score (nSPS) is 13.2. The molecule has 1 aromatic rings. The van der Waals surface area contributed by atoms with E-state index in [2.05, 4.69) is 23.3 Å². The average Bonchev–Trinajstić information content (AvgIpc) is 2.47. The highest BCUT2D eigenvalue weighted by Gasteiger charge is 2.14. The second kappa shape index (κ2) is 6.89. The second-order valence-electron chi connectivity index (χ2n) is 4.94. The molecule has 0 radical (unpaired) electrons. The summed E-state index contributed by atoms with van der Waals surface area (Å²) in [6, 6.07) is 6.07. The van der Waals surface area contributed by atoms with Crippen molar-refractivity contribution in [3.05, 3.63) is 42.0 Å². The molecule has 0 spiro atoms. The second-order valence-corrected chi connectivity index (χ2v) is 4.94. The van der Waals surface area contributed by atoms with Crippen molar-refractivity contribution in [2.75, 3.05) is 11.9 Å². The third-order valence-corrected chi connectivity index (χ3v) is 3.51.